The lowest BCUT2D eigenvalue weighted by Gasteiger charge is -2.01. The molecule has 19 heavy (non-hydrogen) atoms. The van der Waals surface area contributed by atoms with Crippen molar-refractivity contribution in [1.29, 1.82) is 0 Å². The zero-order valence-electron chi connectivity index (χ0n) is 10.4. The van der Waals surface area contributed by atoms with Crippen molar-refractivity contribution in [1.82, 2.24) is 10.3 Å². The molecule has 0 saturated heterocycles. The van der Waals surface area contributed by atoms with E-state index in [9.17, 15) is 9.59 Å². The number of amides is 1. The molecule has 2 rings (SSSR count). The number of hydrogen-bond donors (Lipinski definition) is 2. The fraction of sp³-hybridized carbons (Fsp3) is 0.250. The van der Waals surface area contributed by atoms with Gasteiger partial charge in [-0.05, 0) is 26.0 Å². The molecule has 2 aromatic heterocycles. The van der Waals surface area contributed by atoms with Gasteiger partial charge in [0.15, 0.2) is 0 Å². The lowest BCUT2D eigenvalue weighted by atomic mass is 10.3. The second-order valence-electron chi connectivity index (χ2n) is 3.89. The van der Waals surface area contributed by atoms with Crippen LogP contribution in [0.1, 0.15) is 36.7 Å². The van der Waals surface area contributed by atoms with Crippen LogP contribution in [0.4, 0.5) is 0 Å². The normalized spacial score (nSPS) is 10.4. The van der Waals surface area contributed by atoms with Crippen LogP contribution in [0.2, 0.25) is 0 Å². The maximum Gasteiger partial charge on any atom is 0.371 e. The van der Waals surface area contributed by atoms with E-state index in [1.54, 1.807) is 0 Å². The average Bonchev–Trinajstić information content (AvgIpc) is 2.93. The van der Waals surface area contributed by atoms with Gasteiger partial charge in [0.25, 0.3) is 5.91 Å². The molecule has 100 valence electrons. The van der Waals surface area contributed by atoms with Crippen LogP contribution in [0.5, 0.6) is 0 Å². The molecule has 0 fully saturated rings. The van der Waals surface area contributed by atoms with Crippen LogP contribution in [0.3, 0.4) is 0 Å². The minimum absolute atomic E-state index is 0.127. The van der Waals surface area contributed by atoms with Crippen LogP contribution in [0, 0.1) is 13.8 Å². The Morgan fingerprint density at radius 2 is 2.16 bits per heavy atom. The van der Waals surface area contributed by atoms with E-state index in [-0.39, 0.29) is 18.2 Å². The van der Waals surface area contributed by atoms with Crippen LogP contribution in [-0.2, 0) is 6.54 Å². The van der Waals surface area contributed by atoms with Gasteiger partial charge in [0, 0.05) is 4.88 Å². The van der Waals surface area contributed by atoms with Crippen LogP contribution in [-0.4, -0.2) is 22.0 Å². The number of rotatable bonds is 4. The number of nitrogens with one attached hydrogen (secondary N) is 1. The summed E-state index contributed by atoms with van der Waals surface area (Å²) in [6.45, 7) is 3.79. The number of thiazole rings is 1. The van der Waals surface area contributed by atoms with Gasteiger partial charge in [-0.3, -0.25) is 4.79 Å². The first-order chi connectivity index (χ1) is 8.97. The lowest BCUT2D eigenvalue weighted by molar-refractivity contribution is 0.0660. The Labute approximate surface area is 113 Å². The Kier molecular flexibility index (Phi) is 3.66. The zero-order valence-corrected chi connectivity index (χ0v) is 11.2. The van der Waals surface area contributed by atoms with Gasteiger partial charge in [0.1, 0.15) is 11.5 Å². The topological polar surface area (TPSA) is 92.4 Å². The molecule has 0 unspecified atom stereocenters. The maximum absolute atomic E-state index is 11.9. The Bertz CT molecular complexity index is 629. The van der Waals surface area contributed by atoms with E-state index in [1.165, 1.54) is 23.5 Å². The van der Waals surface area contributed by atoms with Gasteiger partial charge in [0.2, 0.25) is 5.76 Å². The maximum atomic E-state index is 11.9. The SMILES string of the molecule is Cc1nc(C(=O)NCc2ccc(C(=O)O)o2)c(C)s1. The van der Waals surface area contributed by atoms with Crippen molar-refractivity contribution >= 4 is 23.2 Å². The van der Waals surface area contributed by atoms with Crippen LogP contribution >= 0.6 is 11.3 Å². The standard InChI is InChI=1S/C12H12N2O4S/c1-6-10(14-7(2)19-6)11(15)13-5-8-3-4-9(18-8)12(16)17/h3-4H,5H2,1-2H3,(H,13,15)(H,16,17). The van der Waals surface area contributed by atoms with Crippen LogP contribution < -0.4 is 5.32 Å². The predicted molar refractivity (Wildman–Crippen MR) is 68.4 cm³/mol. The summed E-state index contributed by atoms with van der Waals surface area (Å²) in [5.74, 6) is -1.20. The summed E-state index contributed by atoms with van der Waals surface area (Å²) >= 11 is 1.45. The summed E-state index contributed by atoms with van der Waals surface area (Å²) in [5.41, 5.74) is 0.396. The minimum Gasteiger partial charge on any atom is -0.475 e. The number of carboxylic acid groups (broad SMARTS) is 1. The van der Waals surface area contributed by atoms with Gasteiger partial charge >= 0.3 is 5.97 Å². The smallest absolute Gasteiger partial charge is 0.371 e. The Balaban J connectivity index is 2.00. The van der Waals surface area contributed by atoms with Crippen LogP contribution in [0.15, 0.2) is 16.5 Å². The van der Waals surface area contributed by atoms with E-state index >= 15 is 0 Å². The highest BCUT2D eigenvalue weighted by atomic mass is 32.1. The molecule has 1 amide bonds. The molecular weight excluding hydrogens is 268 g/mol. The third-order valence-corrected chi connectivity index (χ3v) is 3.30. The van der Waals surface area contributed by atoms with Crippen LogP contribution in [0.25, 0.3) is 0 Å². The van der Waals surface area contributed by atoms with E-state index in [0.29, 0.717) is 11.5 Å². The largest absolute Gasteiger partial charge is 0.475 e. The van der Waals surface area contributed by atoms with Gasteiger partial charge in [-0.25, -0.2) is 9.78 Å². The van der Waals surface area contributed by atoms with Crippen molar-refractivity contribution in [3.05, 3.63) is 39.2 Å². The van der Waals surface area contributed by atoms with Crippen molar-refractivity contribution in [2.45, 2.75) is 20.4 Å². The number of furan rings is 1. The van der Waals surface area contributed by atoms with E-state index in [2.05, 4.69) is 10.3 Å². The first-order valence-electron chi connectivity index (χ1n) is 5.51. The predicted octanol–water partition coefficient (Wildman–Crippen LogP) is 1.98. The Morgan fingerprint density at radius 3 is 2.68 bits per heavy atom. The van der Waals surface area contributed by atoms with Gasteiger partial charge in [0.05, 0.1) is 11.6 Å². The summed E-state index contributed by atoms with van der Waals surface area (Å²) in [6, 6.07) is 2.87. The Hall–Kier alpha value is -2.15. The molecule has 7 heteroatoms. The molecule has 2 aromatic rings. The number of carbonyl (C=O) groups excluding carboxylic acids is 1. The molecule has 0 spiro atoms. The molecule has 2 heterocycles. The summed E-state index contributed by atoms with van der Waals surface area (Å²) in [5, 5.41) is 12.2. The number of hydrogen-bond acceptors (Lipinski definition) is 5. The number of aryl methyl sites for hydroxylation is 2. The monoisotopic (exact) mass is 280 g/mol. The fourth-order valence-electron chi connectivity index (χ4n) is 1.58. The molecule has 0 aliphatic heterocycles. The Morgan fingerprint density at radius 1 is 1.42 bits per heavy atom. The highest BCUT2D eigenvalue weighted by Gasteiger charge is 2.15. The molecule has 0 atom stereocenters. The number of carboxylic acids is 1. The van der Waals surface area contributed by atoms with E-state index in [4.69, 9.17) is 9.52 Å². The van der Waals surface area contributed by atoms with Gasteiger partial charge in [-0.2, -0.15) is 0 Å². The van der Waals surface area contributed by atoms with Crippen molar-refractivity contribution in [2.24, 2.45) is 0 Å². The molecule has 0 aliphatic rings. The first kappa shape index (κ1) is 13.3. The third kappa shape index (κ3) is 3.00. The number of carbonyl (C=O) groups is 2. The van der Waals surface area contributed by atoms with Crippen molar-refractivity contribution in [3.63, 3.8) is 0 Å². The van der Waals surface area contributed by atoms with Gasteiger partial charge < -0.3 is 14.8 Å². The van der Waals surface area contributed by atoms with E-state index in [1.807, 2.05) is 13.8 Å². The minimum atomic E-state index is -1.14. The van der Waals surface area contributed by atoms with Crippen molar-refractivity contribution < 1.29 is 19.1 Å². The summed E-state index contributed by atoms with van der Waals surface area (Å²) in [7, 11) is 0. The highest BCUT2D eigenvalue weighted by Crippen LogP contribution is 2.16. The third-order valence-electron chi connectivity index (χ3n) is 2.41. The molecular formula is C12H12N2O4S. The first-order valence-corrected chi connectivity index (χ1v) is 6.33. The summed E-state index contributed by atoms with van der Waals surface area (Å²) in [6.07, 6.45) is 0. The van der Waals surface area contributed by atoms with Crippen molar-refractivity contribution in [2.75, 3.05) is 0 Å². The molecule has 2 N–H and O–H groups in total. The molecule has 0 bridgehead atoms. The molecule has 0 aromatic carbocycles. The second-order valence-corrected chi connectivity index (χ2v) is 5.30. The number of aromatic carboxylic acids is 1. The number of nitrogens with zero attached hydrogens (tertiary/aromatic N) is 1. The zero-order chi connectivity index (χ0) is 14.0. The number of aromatic nitrogens is 1. The molecule has 0 saturated carbocycles. The van der Waals surface area contributed by atoms with Gasteiger partial charge in [-0.15, -0.1) is 11.3 Å². The lowest BCUT2D eigenvalue weighted by Crippen LogP contribution is -2.23. The summed E-state index contributed by atoms with van der Waals surface area (Å²) < 4.78 is 5.03. The quantitative estimate of drug-likeness (QED) is 0.893. The average molecular weight is 280 g/mol. The van der Waals surface area contributed by atoms with Crippen molar-refractivity contribution in [3.8, 4) is 0 Å². The van der Waals surface area contributed by atoms with E-state index < -0.39 is 5.97 Å². The molecule has 0 radical (unpaired) electrons. The fourth-order valence-corrected chi connectivity index (χ4v) is 2.39. The summed E-state index contributed by atoms with van der Waals surface area (Å²) in [4.78, 5) is 27.5. The van der Waals surface area contributed by atoms with Gasteiger partial charge in [-0.1, -0.05) is 0 Å². The molecule has 0 aliphatic carbocycles. The second kappa shape index (κ2) is 5.23. The molecule has 6 nitrogen and oxygen atoms in total. The highest BCUT2D eigenvalue weighted by molar-refractivity contribution is 7.11. The van der Waals surface area contributed by atoms with E-state index in [0.717, 1.165) is 9.88 Å².